The molecule has 182 valence electrons. The van der Waals surface area contributed by atoms with Crippen molar-refractivity contribution in [2.45, 2.75) is 13.1 Å². The molecule has 0 aliphatic heterocycles. The van der Waals surface area contributed by atoms with Gasteiger partial charge in [-0.2, -0.15) is 0 Å². The zero-order valence-electron chi connectivity index (χ0n) is 20.2. The highest BCUT2D eigenvalue weighted by molar-refractivity contribution is 7.13. The molecule has 0 bridgehead atoms. The topological polar surface area (TPSA) is 64.5 Å². The molecule has 2 heterocycles. The van der Waals surface area contributed by atoms with Crippen LogP contribution in [-0.4, -0.2) is 24.8 Å². The number of ether oxygens (including phenoxy) is 2. The summed E-state index contributed by atoms with van der Waals surface area (Å²) in [6, 6.07) is 28.0. The molecule has 5 rings (SSSR count). The van der Waals surface area contributed by atoms with Crippen LogP contribution in [0.5, 0.6) is 11.5 Å². The Morgan fingerprint density at radius 2 is 1.72 bits per heavy atom. The lowest BCUT2D eigenvalue weighted by Gasteiger charge is -2.14. The fourth-order valence-electron chi connectivity index (χ4n) is 4.42. The fourth-order valence-corrected chi connectivity index (χ4v) is 5.22. The van der Waals surface area contributed by atoms with E-state index in [1.165, 1.54) is 5.56 Å². The molecule has 0 radical (unpaired) electrons. The Morgan fingerprint density at radius 1 is 0.917 bits per heavy atom. The minimum absolute atomic E-state index is 0.310. The maximum Gasteiger partial charge on any atom is 0.319 e. The number of methoxy groups -OCH3 is 2. The monoisotopic (exact) mass is 497 g/mol. The number of hydrogen-bond donors (Lipinski definition) is 2. The minimum atomic E-state index is -0.310. The Bertz CT molecular complexity index is 1480. The normalized spacial score (nSPS) is 10.8. The van der Waals surface area contributed by atoms with Gasteiger partial charge >= 0.3 is 6.03 Å². The zero-order valence-corrected chi connectivity index (χ0v) is 21.0. The van der Waals surface area contributed by atoms with E-state index in [2.05, 4.69) is 75.2 Å². The van der Waals surface area contributed by atoms with Crippen molar-refractivity contribution in [3.63, 3.8) is 0 Å². The number of benzene rings is 3. The lowest BCUT2D eigenvalue weighted by molar-refractivity contribution is 0.251. The van der Waals surface area contributed by atoms with Crippen molar-refractivity contribution in [3.05, 3.63) is 101 Å². The molecule has 7 heteroatoms. The molecule has 0 saturated heterocycles. The van der Waals surface area contributed by atoms with Gasteiger partial charge in [-0.25, -0.2) is 4.79 Å². The molecule has 0 atom stereocenters. The van der Waals surface area contributed by atoms with Crippen LogP contribution in [0.3, 0.4) is 0 Å². The smallest absolute Gasteiger partial charge is 0.319 e. The summed E-state index contributed by atoms with van der Waals surface area (Å²) in [5.41, 5.74) is 5.14. The first-order valence-electron chi connectivity index (χ1n) is 11.6. The summed E-state index contributed by atoms with van der Waals surface area (Å²) in [7, 11) is 3.15. The summed E-state index contributed by atoms with van der Waals surface area (Å²) >= 11 is 1.70. The van der Waals surface area contributed by atoms with E-state index in [-0.39, 0.29) is 6.03 Å². The van der Waals surface area contributed by atoms with Crippen LogP contribution in [-0.2, 0) is 13.1 Å². The Balaban J connectivity index is 1.47. The first-order chi connectivity index (χ1) is 17.7. The van der Waals surface area contributed by atoms with Gasteiger partial charge in [0.25, 0.3) is 0 Å². The molecular weight excluding hydrogens is 470 g/mol. The largest absolute Gasteiger partial charge is 0.497 e. The first kappa shape index (κ1) is 23.5. The molecule has 5 aromatic rings. The van der Waals surface area contributed by atoms with E-state index in [9.17, 15) is 4.79 Å². The van der Waals surface area contributed by atoms with Crippen LogP contribution >= 0.6 is 11.3 Å². The van der Waals surface area contributed by atoms with Gasteiger partial charge in [-0.3, -0.25) is 0 Å². The molecule has 0 aliphatic rings. The first-order valence-corrected chi connectivity index (χ1v) is 12.5. The molecule has 6 nitrogen and oxygen atoms in total. The number of aromatic nitrogens is 1. The average molecular weight is 498 g/mol. The van der Waals surface area contributed by atoms with E-state index in [0.29, 0.717) is 23.7 Å². The van der Waals surface area contributed by atoms with Crippen molar-refractivity contribution in [2.24, 2.45) is 0 Å². The quantitative estimate of drug-likeness (QED) is 0.249. The molecule has 0 spiro atoms. The Labute approximate surface area is 214 Å². The molecule has 0 fully saturated rings. The van der Waals surface area contributed by atoms with Crippen LogP contribution in [0.15, 0.2) is 90.3 Å². The second-order valence-corrected chi connectivity index (χ2v) is 9.21. The zero-order chi connectivity index (χ0) is 24.9. The number of rotatable bonds is 8. The Kier molecular flexibility index (Phi) is 6.91. The summed E-state index contributed by atoms with van der Waals surface area (Å²) in [5, 5.41) is 9.16. The highest BCUT2D eigenvalue weighted by Crippen LogP contribution is 2.37. The van der Waals surface area contributed by atoms with Crippen LogP contribution < -0.4 is 20.1 Å². The van der Waals surface area contributed by atoms with Gasteiger partial charge in [0.05, 0.1) is 30.5 Å². The molecule has 36 heavy (non-hydrogen) atoms. The number of nitrogens with one attached hydrogen (secondary N) is 2. The van der Waals surface area contributed by atoms with Crippen molar-refractivity contribution in [2.75, 3.05) is 19.5 Å². The Hall–Kier alpha value is -4.23. The number of urea groups is 1. The van der Waals surface area contributed by atoms with Crippen LogP contribution in [0.4, 0.5) is 10.5 Å². The van der Waals surface area contributed by atoms with Crippen molar-refractivity contribution >= 4 is 34.0 Å². The summed E-state index contributed by atoms with van der Waals surface area (Å²) in [6.45, 7) is 1.11. The Morgan fingerprint density at radius 3 is 2.47 bits per heavy atom. The highest BCUT2D eigenvalue weighted by Gasteiger charge is 2.20. The second-order valence-electron chi connectivity index (χ2n) is 8.27. The van der Waals surface area contributed by atoms with Gasteiger partial charge in [-0.05, 0) is 35.2 Å². The van der Waals surface area contributed by atoms with Gasteiger partial charge in [0.15, 0.2) is 0 Å². The van der Waals surface area contributed by atoms with Gasteiger partial charge in [0.2, 0.25) is 0 Å². The number of amides is 2. The predicted octanol–water partition coefficient (Wildman–Crippen LogP) is 6.76. The van der Waals surface area contributed by atoms with Crippen LogP contribution in [0.1, 0.15) is 11.1 Å². The molecule has 0 saturated carbocycles. The van der Waals surface area contributed by atoms with Gasteiger partial charge in [-0.1, -0.05) is 54.6 Å². The van der Waals surface area contributed by atoms with Crippen LogP contribution in [0, 0.1) is 0 Å². The summed E-state index contributed by atoms with van der Waals surface area (Å²) in [4.78, 5) is 14.1. The molecular formula is C29H27N3O3S. The van der Waals surface area contributed by atoms with E-state index < -0.39 is 0 Å². The summed E-state index contributed by atoms with van der Waals surface area (Å²) in [6.07, 6.45) is 0. The number of fused-ring (bicyclic) bond motifs is 1. The molecule has 0 aliphatic carbocycles. The fraction of sp³-hybridized carbons (Fsp3) is 0.138. The summed E-state index contributed by atoms with van der Waals surface area (Å²) in [5.74, 6) is 1.19. The SMILES string of the molecule is COc1ccc(NC(=O)NCc2c(-c3cccs3)n(Cc3ccccc3)c3ccccc23)c(OC)c1. The third-order valence-electron chi connectivity index (χ3n) is 6.10. The third-order valence-corrected chi connectivity index (χ3v) is 6.97. The highest BCUT2D eigenvalue weighted by atomic mass is 32.1. The lowest BCUT2D eigenvalue weighted by Crippen LogP contribution is -2.28. The van der Waals surface area contributed by atoms with Gasteiger partial charge in [0, 0.05) is 35.6 Å². The van der Waals surface area contributed by atoms with E-state index in [1.54, 1.807) is 43.8 Å². The number of para-hydroxylation sites is 1. The minimum Gasteiger partial charge on any atom is -0.497 e. The maximum absolute atomic E-state index is 12.9. The third kappa shape index (κ3) is 4.78. The number of anilines is 1. The van der Waals surface area contributed by atoms with Crippen molar-refractivity contribution in [3.8, 4) is 22.1 Å². The molecule has 2 N–H and O–H groups in total. The van der Waals surface area contributed by atoms with E-state index in [0.717, 1.165) is 33.6 Å². The molecule has 3 aromatic carbocycles. The average Bonchev–Trinajstić information content (AvgIpc) is 3.55. The van der Waals surface area contributed by atoms with Crippen molar-refractivity contribution in [1.82, 2.24) is 9.88 Å². The number of hydrogen-bond acceptors (Lipinski definition) is 4. The van der Waals surface area contributed by atoms with Gasteiger partial charge < -0.3 is 24.7 Å². The lowest BCUT2D eigenvalue weighted by atomic mass is 10.1. The van der Waals surface area contributed by atoms with Crippen molar-refractivity contribution < 1.29 is 14.3 Å². The molecule has 2 aromatic heterocycles. The predicted molar refractivity (Wildman–Crippen MR) is 146 cm³/mol. The van der Waals surface area contributed by atoms with E-state index >= 15 is 0 Å². The molecule has 2 amide bonds. The van der Waals surface area contributed by atoms with E-state index in [4.69, 9.17) is 9.47 Å². The number of carbonyl (C=O) groups is 1. The number of nitrogens with zero attached hydrogens (tertiary/aromatic N) is 1. The number of thiophene rings is 1. The van der Waals surface area contributed by atoms with Crippen molar-refractivity contribution in [1.29, 1.82) is 0 Å². The second kappa shape index (κ2) is 10.6. The van der Waals surface area contributed by atoms with Crippen LogP contribution in [0.2, 0.25) is 0 Å². The summed E-state index contributed by atoms with van der Waals surface area (Å²) < 4.78 is 13.0. The van der Waals surface area contributed by atoms with Gasteiger partial charge in [-0.15, -0.1) is 11.3 Å². The standard InChI is InChI=1S/C29H27N3O3S/c1-34-21-14-15-24(26(17-21)35-2)31-29(33)30-18-23-22-11-6-7-12-25(22)32(19-20-9-4-3-5-10-20)28(23)27-13-8-16-36-27/h3-17H,18-19H2,1-2H3,(H2,30,31,33). The number of carbonyl (C=O) groups excluding carboxylic acids is 1. The maximum atomic E-state index is 12.9. The van der Waals surface area contributed by atoms with Gasteiger partial charge in [0.1, 0.15) is 11.5 Å². The van der Waals surface area contributed by atoms with E-state index in [1.807, 2.05) is 12.1 Å². The van der Waals surface area contributed by atoms with Crippen LogP contribution in [0.25, 0.3) is 21.5 Å². The molecule has 0 unspecified atom stereocenters.